The molecule has 1 aromatic heterocycles. The Balaban J connectivity index is 1.80. The molecular formula is C14H13BrN2O2S. The zero-order valence-electron chi connectivity index (χ0n) is 10.8. The molecule has 104 valence electrons. The summed E-state index contributed by atoms with van der Waals surface area (Å²) in [6.07, 6.45) is 1.59. The number of hydrazone groups is 1. The SMILES string of the molecule is Cc1ccc(OCC(=O)N/N=C/c2ccsc2)c(Br)c1. The average Bonchev–Trinajstić information content (AvgIpc) is 2.91. The highest BCUT2D eigenvalue weighted by Gasteiger charge is 2.04. The van der Waals surface area contributed by atoms with Gasteiger partial charge in [0, 0.05) is 5.56 Å². The van der Waals surface area contributed by atoms with Crippen LogP contribution in [0.1, 0.15) is 11.1 Å². The summed E-state index contributed by atoms with van der Waals surface area (Å²) in [7, 11) is 0. The second kappa shape index (κ2) is 7.21. The van der Waals surface area contributed by atoms with Gasteiger partial charge in [-0.3, -0.25) is 4.79 Å². The summed E-state index contributed by atoms with van der Waals surface area (Å²) in [5.41, 5.74) is 4.49. The van der Waals surface area contributed by atoms with Crippen LogP contribution in [0.5, 0.6) is 5.75 Å². The average molecular weight is 353 g/mol. The summed E-state index contributed by atoms with van der Waals surface area (Å²) < 4.78 is 6.24. The molecule has 0 spiro atoms. The van der Waals surface area contributed by atoms with Gasteiger partial charge in [0.25, 0.3) is 5.91 Å². The molecule has 1 amide bonds. The van der Waals surface area contributed by atoms with Crippen LogP contribution >= 0.6 is 27.3 Å². The molecule has 0 bridgehead atoms. The van der Waals surface area contributed by atoms with Crippen LogP contribution in [0.15, 0.2) is 44.6 Å². The van der Waals surface area contributed by atoms with Crippen LogP contribution in [0.25, 0.3) is 0 Å². The van der Waals surface area contributed by atoms with Crippen LogP contribution in [-0.2, 0) is 4.79 Å². The summed E-state index contributed by atoms with van der Waals surface area (Å²) in [6.45, 7) is 1.91. The van der Waals surface area contributed by atoms with E-state index in [2.05, 4.69) is 26.5 Å². The highest BCUT2D eigenvalue weighted by molar-refractivity contribution is 9.10. The van der Waals surface area contributed by atoms with Crippen LogP contribution in [0.4, 0.5) is 0 Å². The van der Waals surface area contributed by atoms with E-state index in [4.69, 9.17) is 4.74 Å². The van der Waals surface area contributed by atoms with E-state index < -0.39 is 0 Å². The molecule has 0 aliphatic heterocycles. The second-order valence-electron chi connectivity index (χ2n) is 4.07. The Hall–Kier alpha value is -1.66. The number of carbonyl (C=O) groups is 1. The smallest absolute Gasteiger partial charge is 0.277 e. The van der Waals surface area contributed by atoms with Gasteiger partial charge in [0.15, 0.2) is 6.61 Å². The Morgan fingerprint density at radius 2 is 2.35 bits per heavy atom. The summed E-state index contributed by atoms with van der Waals surface area (Å²) >= 11 is 4.97. The lowest BCUT2D eigenvalue weighted by Gasteiger charge is -2.07. The molecule has 2 rings (SSSR count). The number of carbonyl (C=O) groups excluding carboxylic acids is 1. The van der Waals surface area contributed by atoms with Crippen LogP contribution in [0.3, 0.4) is 0 Å². The monoisotopic (exact) mass is 352 g/mol. The van der Waals surface area contributed by atoms with Crippen LogP contribution < -0.4 is 10.2 Å². The van der Waals surface area contributed by atoms with Crippen molar-refractivity contribution >= 4 is 39.4 Å². The van der Waals surface area contributed by atoms with E-state index in [0.717, 1.165) is 15.6 Å². The number of thiophene rings is 1. The third kappa shape index (κ3) is 4.47. The van der Waals surface area contributed by atoms with E-state index >= 15 is 0 Å². The van der Waals surface area contributed by atoms with Crippen molar-refractivity contribution in [1.29, 1.82) is 0 Å². The molecule has 0 saturated carbocycles. The lowest BCUT2D eigenvalue weighted by atomic mass is 10.2. The molecule has 1 heterocycles. The van der Waals surface area contributed by atoms with E-state index in [-0.39, 0.29) is 12.5 Å². The summed E-state index contributed by atoms with van der Waals surface area (Å²) in [6, 6.07) is 7.59. The molecule has 0 saturated heterocycles. The van der Waals surface area contributed by atoms with E-state index in [9.17, 15) is 4.79 Å². The number of hydrogen-bond acceptors (Lipinski definition) is 4. The maximum absolute atomic E-state index is 11.6. The molecule has 1 aromatic carbocycles. The number of ether oxygens (including phenoxy) is 1. The van der Waals surface area contributed by atoms with E-state index in [1.807, 2.05) is 41.9 Å². The first kappa shape index (κ1) is 14.7. The number of rotatable bonds is 5. The first-order chi connectivity index (χ1) is 9.65. The fourth-order valence-electron chi connectivity index (χ4n) is 1.43. The standard InChI is InChI=1S/C14H13BrN2O2S/c1-10-2-3-13(12(15)6-10)19-8-14(18)17-16-7-11-4-5-20-9-11/h2-7,9H,8H2,1H3,(H,17,18)/b16-7+. The summed E-state index contributed by atoms with van der Waals surface area (Å²) in [4.78, 5) is 11.6. The van der Waals surface area contributed by atoms with Gasteiger partial charge in [-0.15, -0.1) is 0 Å². The number of halogens is 1. The Morgan fingerprint density at radius 3 is 3.05 bits per heavy atom. The third-order valence-corrected chi connectivity index (χ3v) is 3.71. The molecule has 0 unspecified atom stereocenters. The van der Waals surface area contributed by atoms with Crippen molar-refractivity contribution in [2.45, 2.75) is 6.92 Å². The highest BCUT2D eigenvalue weighted by Crippen LogP contribution is 2.25. The number of nitrogens with one attached hydrogen (secondary N) is 1. The van der Waals surface area contributed by atoms with Crippen molar-refractivity contribution in [1.82, 2.24) is 5.43 Å². The minimum absolute atomic E-state index is 0.0807. The van der Waals surface area contributed by atoms with Crippen molar-refractivity contribution in [3.8, 4) is 5.75 Å². The summed E-state index contributed by atoms with van der Waals surface area (Å²) in [5, 5.41) is 7.74. The molecule has 6 heteroatoms. The molecule has 2 aromatic rings. The minimum atomic E-state index is -0.302. The van der Waals surface area contributed by atoms with Gasteiger partial charge >= 0.3 is 0 Å². The topological polar surface area (TPSA) is 50.7 Å². The number of hydrogen-bond donors (Lipinski definition) is 1. The fraction of sp³-hybridized carbons (Fsp3) is 0.143. The molecule has 4 nitrogen and oxygen atoms in total. The maximum Gasteiger partial charge on any atom is 0.277 e. The lowest BCUT2D eigenvalue weighted by molar-refractivity contribution is -0.123. The van der Waals surface area contributed by atoms with Crippen LogP contribution in [-0.4, -0.2) is 18.7 Å². The van der Waals surface area contributed by atoms with E-state index in [1.54, 1.807) is 17.6 Å². The van der Waals surface area contributed by atoms with Gasteiger partial charge in [0.05, 0.1) is 10.7 Å². The summed E-state index contributed by atoms with van der Waals surface area (Å²) in [5.74, 6) is 0.330. The lowest BCUT2D eigenvalue weighted by Crippen LogP contribution is -2.24. The molecule has 0 aliphatic carbocycles. The van der Waals surface area contributed by atoms with Crippen molar-refractivity contribution in [2.75, 3.05) is 6.61 Å². The highest BCUT2D eigenvalue weighted by atomic mass is 79.9. The predicted octanol–water partition coefficient (Wildman–Crippen LogP) is 3.35. The van der Waals surface area contributed by atoms with Gasteiger partial charge in [0.2, 0.25) is 0 Å². The van der Waals surface area contributed by atoms with E-state index in [0.29, 0.717) is 5.75 Å². The molecule has 20 heavy (non-hydrogen) atoms. The molecule has 1 N–H and O–H groups in total. The van der Waals surface area contributed by atoms with Crippen LogP contribution in [0, 0.1) is 6.92 Å². The minimum Gasteiger partial charge on any atom is -0.483 e. The first-order valence-corrected chi connectivity index (χ1v) is 7.62. The number of amides is 1. The molecule has 0 aliphatic rings. The Morgan fingerprint density at radius 1 is 1.50 bits per heavy atom. The van der Waals surface area contributed by atoms with Gasteiger partial charge in [-0.2, -0.15) is 16.4 Å². The van der Waals surface area contributed by atoms with Gasteiger partial charge in [-0.25, -0.2) is 5.43 Å². The van der Waals surface area contributed by atoms with Crippen LogP contribution in [0.2, 0.25) is 0 Å². The Bertz CT molecular complexity index is 612. The molecule has 0 fully saturated rings. The number of aryl methyl sites for hydroxylation is 1. The molecule has 0 radical (unpaired) electrons. The number of nitrogens with zero attached hydrogens (tertiary/aromatic N) is 1. The van der Waals surface area contributed by atoms with Gasteiger partial charge in [-0.1, -0.05) is 6.07 Å². The molecule has 0 atom stereocenters. The van der Waals surface area contributed by atoms with Gasteiger partial charge < -0.3 is 4.74 Å². The third-order valence-electron chi connectivity index (χ3n) is 2.39. The van der Waals surface area contributed by atoms with Gasteiger partial charge in [0.1, 0.15) is 5.75 Å². The Kier molecular flexibility index (Phi) is 5.31. The zero-order chi connectivity index (χ0) is 14.4. The maximum atomic E-state index is 11.6. The van der Waals surface area contributed by atoms with Crippen molar-refractivity contribution in [3.05, 3.63) is 50.6 Å². The largest absolute Gasteiger partial charge is 0.483 e. The Labute approximate surface area is 129 Å². The number of benzene rings is 1. The second-order valence-corrected chi connectivity index (χ2v) is 5.71. The van der Waals surface area contributed by atoms with Crippen molar-refractivity contribution in [2.24, 2.45) is 5.10 Å². The van der Waals surface area contributed by atoms with E-state index in [1.165, 1.54) is 0 Å². The molecular weight excluding hydrogens is 340 g/mol. The normalized spacial score (nSPS) is 10.7. The zero-order valence-corrected chi connectivity index (χ0v) is 13.2. The van der Waals surface area contributed by atoms with Crippen molar-refractivity contribution < 1.29 is 9.53 Å². The van der Waals surface area contributed by atoms with Gasteiger partial charge in [-0.05, 0) is 57.4 Å². The first-order valence-electron chi connectivity index (χ1n) is 5.88. The quantitative estimate of drug-likeness (QED) is 0.662. The van der Waals surface area contributed by atoms with Crippen molar-refractivity contribution in [3.63, 3.8) is 0 Å². The predicted molar refractivity (Wildman–Crippen MR) is 84.4 cm³/mol. The fourth-order valence-corrected chi connectivity index (χ4v) is 2.64.